The summed E-state index contributed by atoms with van der Waals surface area (Å²) in [6.45, 7) is 1.58. The minimum Gasteiger partial charge on any atom is -0.495 e. The van der Waals surface area contributed by atoms with Gasteiger partial charge in [-0.2, -0.15) is 0 Å². The van der Waals surface area contributed by atoms with Crippen LogP contribution < -0.4 is 4.74 Å². The SMILES string of the molecule is COc1ccc(Cl)cc1S(=O)(=O)c1ccc(CN2C=Cc3ccsc3C2)cc1. The van der Waals surface area contributed by atoms with Crippen LogP contribution in [0.2, 0.25) is 5.02 Å². The van der Waals surface area contributed by atoms with Crippen molar-refractivity contribution in [3.63, 3.8) is 0 Å². The molecule has 0 saturated carbocycles. The molecule has 0 atom stereocenters. The normalized spacial score (nSPS) is 13.4. The van der Waals surface area contributed by atoms with E-state index in [1.807, 2.05) is 12.1 Å². The van der Waals surface area contributed by atoms with Gasteiger partial charge in [0.2, 0.25) is 9.84 Å². The molecule has 7 heteroatoms. The molecule has 1 aromatic heterocycles. The number of rotatable bonds is 5. The third-order valence-corrected chi connectivity index (χ3v) is 7.57. The zero-order valence-corrected chi connectivity index (χ0v) is 17.5. The summed E-state index contributed by atoms with van der Waals surface area (Å²) in [6.07, 6.45) is 4.19. The second-order valence-electron chi connectivity index (χ2n) is 6.46. The van der Waals surface area contributed by atoms with Gasteiger partial charge in [0, 0.05) is 22.6 Å². The molecule has 0 saturated heterocycles. The number of hydrogen-bond acceptors (Lipinski definition) is 5. The molecular formula is C21H18ClNO3S2. The van der Waals surface area contributed by atoms with Gasteiger partial charge in [-0.3, -0.25) is 0 Å². The molecule has 3 aromatic rings. The van der Waals surface area contributed by atoms with E-state index in [2.05, 4.69) is 28.6 Å². The summed E-state index contributed by atoms with van der Waals surface area (Å²) in [4.78, 5) is 3.84. The lowest BCUT2D eigenvalue weighted by Crippen LogP contribution is -2.18. The average molecular weight is 432 g/mol. The van der Waals surface area contributed by atoms with Gasteiger partial charge in [-0.1, -0.05) is 23.7 Å². The molecule has 4 nitrogen and oxygen atoms in total. The first-order chi connectivity index (χ1) is 13.5. The van der Waals surface area contributed by atoms with Gasteiger partial charge < -0.3 is 9.64 Å². The van der Waals surface area contributed by atoms with Crippen molar-refractivity contribution in [3.05, 3.63) is 81.1 Å². The first kappa shape index (κ1) is 19.1. The fourth-order valence-electron chi connectivity index (χ4n) is 3.16. The Morgan fingerprint density at radius 1 is 1.14 bits per heavy atom. The lowest BCUT2D eigenvalue weighted by molar-refractivity contribution is 0.363. The third-order valence-electron chi connectivity index (χ3n) is 4.63. The third kappa shape index (κ3) is 3.68. The van der Waals surface area contributed by atoms with Crippen LogP contribution in [0.15, 0.2) is 69.9 Å². The number of hydrogen-bond donors (Lipinski definition) is 0. The largest absolute Gasteiger partial charge is 0.495 e. The smallest absolute Gasteiger partial charge is 0.210 e. The highest BCUT2D eigenvalue weighted by atomic mass is 35.5. The van der Waals surface area contributed by atoms with Crippen LogP contribution in [0.3, 0.4) is 0 Å². The summed E-state index contributed by atoms with van der Waals surface area (Å²) >= 11 is 7.75. The van der Waals surface area contributed by atoms with E-state index in [0.717, 1.165) is 12.1 Å². The van der Waals surface area contributed by atoms with E-state index in [0.29, 0.717) is 11.6 Å². The Hall–Kier alpha value is -2.28. The van der Waals surface area contributed by atoms with Crippen molar-refractivity contribution >= 4 is 38.9 Å². The summed E-state index contributed by atoms with van der Waals surface area (Å²) in [5.41, 5.74) is 2.32. The highest BCUT2D eigenvalue weighted by Crippen LogP contribution is 2.32. The van der Waals surface area contributed by atoms with Crippen LogP contribution in [0.5, 0.6) is 5.75 Å². The van der Waals surface area contributed by atoms with Crippen molar-refractivity contribution in [2.24, 2.45) is 0 Å². The zero-order valence-electron chi connectivity index (χ0n) is 15.1. The van der Waals surface area contributed by atoms with Crippen LogP contribution in [0.1, 0.15) is 16.0 Å². The molecule has 2 aromatic carbocycles. The Labute approximate surface area is 173 Å². The van der Waals surface area contributed by atoms with Crippen LogP contribution in [0.25, 0.3) is 6.08 Å². The number of methoxy groups -OCH3 is 1. The van der Waals surface area contributed by atoms with E-state index in [1.165, 1.54) is 23.6 Å². The molecule has 0 N–H and O–H groups in total. The lowest BCUT2D eigenvalue weighted by Gasteiger charge is -2.23. The van der Waals surface area contributed by atoms with Crippen LogP contribution >= 0.6 is 22.9 Å². The van der Waals surface area contributed by atoms with Crippen LogP contribution in [-0.2, 0) is 22.9 Å². The molecule has 28 heavy (non-hydrogen) atoms. The molecule has 2 heterocycles. The van der Waals surface area contributed by atoms with E-state index in [9.17, 15) is 8.42 Å². The number of halogens is 1. The van der Waals surface area contributed by atoms with Crippen LogP contribution in [-0.4, -0.2) is 20.4 Å². The van der Waals surface area contributed by atoms with E-state index in [1.54, 1.807) is 35.6 Å². The second-order valence-corrected chi connectivity index (χ2v) is 9.82. The molecule has 144 valence electrons. The van der Waals surface area contributed by atoms with Crippen molar-refractivity contribution in [1.29, 1.82) is 0 Å². The van der Waals surface area contributed by atoms with Crippen molar-refractivity contribution in [2.45, 2.75) is 22.9 Å². The molecule has 0 fully saturated rings. The molecule has 4 rings (SSSR count). The van der Waals surface area contributed by atoms with Gasteiger partial charge >= 0.3 is 0 Å². The number of sulfone groups is 1. The molecular weight excluding hydrogens is 414 g/mol. The maximum absolute atomic E-state index is 13.0. The number of benzene rings is 2. The van der Waals surface area contributed by atoms with Gasteiger partial charge in [0.25, 0.3) is 0 Å². The first-order valence-corrected chi connectivity index (χ1v) is 11.4. The lowest BCUT2D eigenvalue weighted by atomic mass is 10.1. The standard InChI is InChI=1S/C21H18ClNO3S2/c1-26-19-7-4-17(22)12-21(19)28(24,25)18-5-2-15(3-6-18)13-23-10-8-16-9-11-27-20(16)14-23/h2-12H,13-14H2,1H3. The Balaban J connectivity index is 1.56. The highest BCUT2D eigenvalue weighted by Gasteiger charge is 2.23. The molecule has 0 unspecified atom stereocenters. The first-order valence-electron chi connectivity index (χ1n) is 8.63. The molecule has 1 aliphatic rings. The Morgan fingerprint density at radius 2 is 1.93 bits per heavy atom. The summed E-state index contributed by atoms with van der Waals surface area (Å²) in [7, 11) is -2.28. The van der Waals surface area contributed by atoms with E-state index >= 15 is 0 Å². The Bertz CT molecular complexity index is 1130. The average Bonchev–Trinajstić information content (AvgIpc) is 3.16. The van der Waals surface area contributed by atoms with Crippen molar-refractivity contribution in [2.75, 3.05) is 7.11 Å². The summed E-state index contributed by atoms with van der Waals surface area (Å²) in [6, 6.07) is 13.7. The van der Waals surface area contributed by atoms with Gasteiger partial charge in [0.15, 0.2) is 0 Å². The van der Waals surface area contributed by atoms with Crippen LogP contribution in [0, 0.1) is 0 Å². The molecule has 0 aliphatic carbocycles. The summed E-state index contributed by atoms with van der Waals surface area (Å²) in [5, 5.41) is 2.45. The fourth-order valence-corrected chi connectivity index (χ4v) is 5.73. The van der Waals surface area contributed by atoms with Gasteiger partial charge in [-0.05, 0) is 59.0 Å². The summed E-state index contributed by atoms with van der Waals surface area (Å²) in [5.74, 6) is 0.277. The van der Waals surface area contributed by atoms with Gasteiger partial charge in [0.1, 0.15) is 10.6 Å². The minimum absolute atomic E-state index is 0.0689. The number of ether oxygens (including phenoxy) is 1. The van der Waals surface area contributed by atoms with Crippen molar-refractivity contribution in [3.8, 4) is 5.75 Å². The van der Waals surface area contributed by atoms with Gasteiger partial charge in [0.05, 0.1) is 18.6 Å². The molecule has 0 radical (unpaired) electrons. The summed E-state index contributed by atoms with van der Waals surface area (Å²) < 4.78 is 31.2. The highest BCUT2D eigenvalue weighted by molar-refractivity contribution is 7.91. The Kier molecular flexibility index (Phi) is 5.19. The van der Waals surface area contributed by atoms with E-state index < -0.39 is 9.84 Å². The number of thiophene rings is 1. The topological polar surface area (TPSA) is 46.6 Å². The van der Waals surface area contributed by atoms with Crippen molar-refractivity contribution < 1.29 is 13.2 Å². The predicted molar refractivity (Wildman–Crippen MR) is 112 cm³/mol. The quantitative estimate of drug-likeness (QED) is 0.555. The van der Waals surface area contributed by atoms with E-state index in [-0.39, 0.29) is 15.5 Å². The van der Waals surface area contributed by atoms with Crippen LogP contribution in [0.4, 0.5) is 0 Å². The van der Waals surface area contributed by atoms with E-state index in [4.69, 9.17) is 16.3 Å². The van der Waals surface area contributed by atoms with Gasteiger partial charge in [-0.15, -0.1) is 11.3 Å². The molecule has 0 spiro atoms. The second kappa shape index (κ2) is 7.62. The fraction of sp³-hybridized carbons (Fsp3) is 0.143. The number of nitrogens with zero attached hydrogens (tertiary/aromatic N) is 1. The molecule has 1 aliphatic heterocycles. The van der Waals surface area contributed by atoms with Crippen molar-refractivity contribution in [1.82, 2.24) is 4.90 Å². The predicted octanol–water partition coefficient (Wildman–Crippen LogP) is 5.23. The maximum Gasteiger partial charge on any atom is 0.210 e. The zero-order chi connectivity index (χ0) is 19.7. The molecule has 0 bridgehead atoms. The van der Waals surface area contributed by atoms with Gasteiger partial charge in [-0.25, -0.2) is 8.42 Å². The molecule has 0 amide bonds. The maximum atomic E-state index is 13.0. The minimum atomic E-state index is -3.72. The monoisotopic (exact) mass is 431 g/mol. The Morgan fingerprint density at radius 3 is 2.68 bits per heavy atom. The number of fused-ring (bicyclic) bond motifs is 1.